The predicted molar refractivity (Wildman–Crippen MR) is 159 cm³/mol. The van der Waals surface area contributed by atoms with Crippen LogP contribution in [0, 0.1) is 5.82 Å². The molecular formula is C31H21Br2FN2O5. The van der Waals surface area contributed by atoms with Crippen molar-refractivity contribution in [2.75, 3.05) is 4.90 Å². The number of hydrogen-bond acceptors (Lipinski definition) is 5. The summed E-state index contributed by atoms with van der Waals surface area (Å²) in [7, 11) is 0. The largest absolute Gasteiger partial charge is 0.489 e. The summed E-state index contributed by atoms with van der Waals surface area (Å²) in [5, 5.41) is 2.23. The fourth-order valence-electron chi connectivity index (χ4n) is 3.99. The van der Waals surface area contributed by atoms with Gasteiger partial charge in [-0.3, -0.25) is 14.9 Å². The van der Waals surface area contributed by atoms with Crippen molar-refractivity contribution >= 4 is 61.5 Å². The van der Waals surface area contributed by atoms with Crippen LogP contribution in [-0.2, 0) is 22.8 Å². The Bertz CT molecular complexity index is 1640. The summed E-state index contributed by atoms with van der Waals surface area (Å²) >= 11 is 6.80. The number of rotatable bonds is 8. The average molecular weight is 680 g/mol. The minimum atomic E-state index is -0.859. The molecule has 1 fully saturated rings. The standard InChI is InChI=1S/C31H21Br2FN2O5/c32-22-5-1-19(2-6-22)17-40-26-12-10-25(11-13-26)36-30(38)27(29(37)35-31(36)39)16-21-15-23(33)7-14-28(21)41-18-20-3-8-24(34)9-4-20/h1-16H,17-18H2,(H,35,37,39)/b27-16+. The van der Waals surface area contributed by atoms with Gasteiger partial charge in [-0.05, 0) is 83.9 Å². The highest BCUT2D eigenvalue weighted by atomic mass is 79.9. The molecule has 0 aromatic heterocycles. The summed E-state index contributed by atoms with van der Waals surface area (Å²) in [6.07, 6.45) is 1.37. The van der Waals surface area contributed by atoms with E-state index in [1.165, 1.54) is 18.2 Å². The third-order valence-electron chi connectivity index (χ3n) is 6.09. The maximum atomic E-state index is 13.4. The molecule has 1 N–H and O–H groups in total. The van der Waals surface area contributed by atoms with Crippen LogP contribution < -0.4 is 19.7 Å². The molecule has 1 aliphatic rings. The van der Waals surface area contributed by atoms with Crippen molar-refractivity contribution in [3.63, 3.8) is 0 Å². The van der Waals surface area contributed by atoms with Crippen molar-refractivity contribution in [1.82, 2.24) is 5.32 Å². The summed E-state index contributed by atoms with van der Waals surface area (Å²) in [4.78, 5) is 39.8. The number of nitrogens with one attached hydrogen (secondary N) is 1. The minimum absolute atomic E-state index is 0.138. The number of hydrogen-bond donors (Lipinski definition) is 1. The quantitative estimate of drug-likeness (QED) is 0.158. The van der Waals surface area contributed by atoms with Crippen LogP contribution in [0.5, 0.6) is 11.5 Å². The van der Waals surface area contributed by atoms with Crippen LogP contribution in [0.4, 0.5) is 14.9 Å². The number of nitrogens with zero attached hydrogens (tertiary/aromatic N) is 1. The molecule has 0 radical (unpaired) electrons. The molecule has 5 rings (SSSR count). The monoisotopic (exact) mass is 678 g/mol. The Kier molecular flexibility index (Phi) is 8.61. The molecule has 0 saturated carbocycles. The van der Waals surface area contributed by atoms with Crippen LogP contribution >= 0.6 is 31.9 Å². The molecule has 10 heteroatoms. The Morgan fingerprint density at radius 1 is 0.756 bits per heavy atom. The number of carbonyl (C=O) groups is 3. The number of barbiturate groups is 1. The maximum Gasteiger partial charge on any atom is 0.335 e. The van der Waals surface area contributed by atoms with Crippen molar-refractivity contribution in [3.05, 3.63) is 128 Å². The van der Waals surface area contributed by atoms with Gasteiger partial charge in [-0.2, -0.15) is 0 Å². The van der Waals surface area contributed by atoms with Gasteiger partial charge in [-0.1, -0.05) is 56.1 Å². The summed E-state index contributed by atoms with van der Waals surface area (Å²) in [5.74, 6) is -1.03. The molecule has 0 unspecified atom stereocenters. The number of urea groups is 1. The first-order chi connectivity index (χ1) is 19.8. The van der Waals surface area contributed by atoms with Crippen molar-refractivity contribution in [2.45, 2.75) is 13.2 Å². The topological polar surface area (TPSA) is 84.9 Å². The number of imide groups is 2. The predicted octanol–water partition coefficient (Wildman–Crippen LogP) is 7.18. The van der Waals surface area contributed by atoms with Gasteiger partial charge in [0.1, 0.15) is 36.1 Å². The average Bonchev–Trinajstić information content (AvgIpc) is 2.96. The second-order valence-corrected chi connectivity index (χ2v) is 10.8. The van der Waals surface area contributed by atoms with E-state index in [1.807, 2.05) is 24.3 Å². The van der Waals surface area contributed by atoms with Gasteiger partial charge in [0, 0.05) is 14.5 Å². The molecule has 0 aliphatic carbocycles. The molecular weight excluding hydrogens is 659 g/mol. The lowest BCUT2D eigenvalue weighted by atomic mass is 10.1. The van der Waals surface area contributed by atoms with E-state index in [0.29, 0.717) is 28.1 Å². The van der Waals surface area contributed by atoms with Crippen molar-refractivity contribution < 1.29 is 28.2 Å². The Hall–Kier alpha value is -4.28. The molecule has 1 aliphatic heterocycles. The first-order valence-corrected chi connectivity index (χ1v) is 13.9. The molecule has 4 aromatic carbocycles. The van der Waals surface area contributed by atoms with Crippen molar-refractivity contribution in [1.29, 1.82) is 0 Å². The zero-order valence-corrected chi connectivity index (χ0v) is 24.4. The van der Waals surface area contributed by atoms with Gasteiger partial charge in [-0.25, -0.2) is 14.1 Å². The zero-order chi connectivity index (χ0) is 28.9. The molecule has 206 valence electrons. The molecule has 1 heterocycles. The fourth-order valence-corrected chi connectivity index (χ4v) is 4.63. The van der Waals surface area contributed by atoms with Crippen molar-refractivity contribution in [3.8, 4) is 11.5 Å². The van der Waals surface area contributed by atoms with E-state index in [1.54, 1.807) is 54.6 Å². The van der Waals surface area contributed by atoms with Crippen LogP contribution in [0.25, 0.3) is 6.08 Å². The van der Waals surface area contributed by atoms with Crippen LogP contribution in [-0.4, -0.2) is 17.8 Å². The minimum Gasteiger partial charge on any atom is -0.489 e. The highest BCUT2D eigenvalue weighted by Crippen LogP contribution is 2.29. The number of ether oxygens (including phenoxy) is 2. The first-order valence-electron chi connectivity index (χ1n) is 12.3. The fraction of sp³-hybridized carbons (Fsp3) is 0.0645. The van der Waals surface area contributed by atoms with E-state index >= 15 is 0 Å². The van der Waals surface area contributed by atoms with Crippen LogP contribution in [0.2, 0.25) is 0 Å². The van der Waals surface area contributed by atoms with Gasteiger partial charge in [0.2, 0.25) is 0 Å². The van der Waals surface area contributed by atoms with Gasteiger partial charge in [0.05, 0.1) is 5.69 Å². The van der Waals surface area contributed by atoms with Gasteiger partial charge in [0.15, 0.2) is 0 Å². The molecule has 41 heavy (non-hydrogen) atoms. The molecule has 1 saturated heterocycles. The number of halogens is 3. The third kappa shape index (κ3) is 6.90. The normalized spacial score (nSPS) is 14.3. The van der Waals surface area contributed by atoms with Gasteiger partial charge >= 0.3 is 6.03 Å². The van der Waals surface area contributed by atoms with E-state index < -0.39 is 17.8 Å². The Balaban J connectivity index is 1.35. The third-order valence-corrected chi connectivity index (χ3v) is 7.12. The number of benzene rings is 4. The first kappa shape index (κ1) is 28.3. The Morgan fingerprint density at radius 3 is 2.05 bits per heavy atom. The van der Waals surface area contributed by atoms with Crippen LogP contribution in [0.3, 0.4) is 0 Å². The summed E-state index contributed by atoms with van der Waals surface area (Å²) in [5.41, 5.74) is 2.17. The molecule has 7 nitrogen and oxygen atoms in total. The summed E-state index contributed by atoms with van der Waals surface area (Å²) < 4.78 is 26.6. The van der Waals surface area contributed by atoms with Gasteiger partial charge in [0.25, 0.3) is 11.8 Å². The van der Waals surface area contributed by atoms with E-state index in [4.69, 9.17) is 9.47 Å². The van der Waals surface area contributed by atoms with E-state index in [9.17, 15) is 18.8 Å². The lowest BCUT2D eigenvalue weighted by Gasteiger charge is -2.26. The van der Waals surface area contributed by atoms with Crippen LogP contribution in [0.15, 0.2) is 106 Å². The number of amides is 4. The van der Waals surface area contributed by atoms with E-state index in [-0.39, 0.29) is 23.7 Å². The second kappa shape index (κ2) is 12.5. The molecule has 4 amide bonds. The summed E-state index contributed by atoms with van der Waals surface area (Å²) in [6, 6.07) is 24.3. The van der Waals surface area contributed by atoms with Gasteiger partial charge in [-0.15, -0.1) is 0 Å². The second-order valence-electron chi connectivity index (χ2n) is 8.96. The van der Waals surface area contributed by atoms with Crippen molar-refractivity contribution in [2.24, 2.45) is 0 Å². The zero-order valence-electron chi connectivity index (χ0n) is 21.3. The molecule has 4 aromatic rings. The SMILES string of the molecule is O=C1NC(=O)N(c2ccc(OCc3ccc(Br)cc3)cc2)C(=O)/C1=C/c1cc(Br)ccc1OCc1ccc(F)cc1. The molecule has 0 atom stereocenters. The Morgan fingerprint density at radius 2 is 1.37 bits per heavy atom. The highest BCUT2D eigenvalue weighted by Gasteiger charge is 2.37. The van der Waals surface area contributed by atoms with Gasteiger partial charge < -0.3 is 9.47 Å². The van der Waals surface area contributed by atoms with Crippen LogP contribution in [0.1, 0.15) is 16.7 Å². The lowest BCUT2D eigenvalue weighted by molar-refractivity contribution is -0.122. The maximum absolute atomic E-state index is 13.4. The number of anilines is 1. The lowest BCUT2D eigenvalue weighted by Crippen LogP contribution is -2.54. The van der Waals surface area contributed by atoms with E-state index in [2.05, 4.69) is 37.2 Å². The smallest absolute Gasteiger partial charge is 0.335 e. The summed E-state index contributed by atoms with van der Waals surface area (Å²) in [6.45, 7) is 0.481. The molecule has 0 bridgehead atoms. The Labute approximate surface area is 251 Å². The number of carbonyl (C=O) groups excluding carboxylic acids is 3. The highest BCUT2D eigenvalue weighted by molar-refractivity contribution is 9.10. The molecule has 0 spiro atoms. The van der Waals surface area contributed by atoms with E-state index in [0.717, 1.165) is 20.5 Å².